The standard InChI is InChI=1S/C7H15N3O2/c1-7(2)5-12-4-3-10(7)6(11)9-8/h3-5,8H2,1-2H3,(H,9,11). The van der Waals surface area contributed by atoms with Crippen molar-refractivity contribution in [1.29, 1.82) is 0 Å². The summed E-state index contributed by atoms with van der Waals surface area (Å²) in [5, 5.41) is 0. The number of hydrogen-bond donors (Lipinski definition) is 2. The van der Waals surface area contributed by atoms with Gasteiger partial charge in [-0.2, -0.15) is 0 Å². The Balaban J connectivity index is 2.66. The number of carbonyl (C=O) groups is 1. The van der Waals surface area contributed by atoms with Gasteiger partial charge in [0.05, 0.1) is 18.8 Å². The lowest BCUT2D eigenvalue weighted by Crippen LogP contribution is -2.59. The zero-order valence-corrected chi connectivity index (χ0v) is 7.46. The summed E-state index contributed by atoms with van der Waals surface area (Å²) < 4.78 is 5.25. The van der Waals surface area contributed by atoms with Gasteiger partial charge in [-0.3, -0.25) is 5.43 Å². The van der Waals surface area contributed by atoms with Gasteiger partial charge < -0.3 is 9.64 Å². The minimum absolute atomic E-state index is 0.247. The molecule has 5 nitrogen and oxygen atoms in total. The molecule has 5 heteroatoms. The Morgan fingerprint density at radius 3 is 2.83 bits per heavy atom. The van der Waals surface area contributed by atoms with Gasteiger partial charge in [-0.25, -0.2) is 10.6 Å². The number of hydrogen-bond acceptors (Lipinski definition) is 3. The minimum atomic E-state index is -0.262. The van der Waals surface area contributed by atoms with Gasteiger partial charge in [0.1, 0.15) is 0 Å². The molecule has 0 saturated carbocycles. The van der Waals surface area contributed by atoms with Gasteiger partial charge in [-0.1, -0.05) is 0 Å². The number of urea groups is 1. The molecule has 0 aromatic heterocycles. The molecule has 3 N–H and O–H groups in total. The molecule has 0 aromatic rings. The van der Waals surface area contributed by atoms with E-state index in [0.29, 0.717) is 19.8 Å². The highest BCUT2D eigenvalue weighted by Crippen LogP contribution is 2.18. The summed E-state index contributed by atoms with van der Waals surface area (Å²) in [6.45, 7) is 5.62. The number of nitrogens with two attached hydrogens (primary N) is 1. The Hall–Kier alpha value is -0.810. The first-order chi connectivity index (χ1) is 5.58. The Bertz CT molecular complexity index is 181. The van der Waals surface area contributed by atoms with Crippen molar-refractivity contribution in [2.75, 3.05) is 19.8 Å². The van der Waals surface area contributed by atoms with Gasteiger partial charge in [0.15, 0.2) is 0 Å². The molecule has 0 atom stereocenters. The van der Waals surface area contributed by atoms with Crippen LogP contribution in [0.25, 0.3) is 0 Å². The molecule has 2 amide bonds. The lowest BCUT2D eigenvalue weighted by molar-refractivity contribution is -0.0277. The van der Waals surface area contributed by atoms with Gasteiger partial charge in [0, 0.05) is 6.54 Å². The Morgan fingerprint density at radius 1 is 1.67 bits per heavy atom. The molecule has 1 aliphatic heterocycles. The zero-order valence-electron chi connectivity index (χ0n) is 7.46. The number of amides is 2. The summed E-state index contributed by atoms with van der Waals surface area (Å²) in [4.78, 5) is 12.9. The van der Waals surface area contributed by atoms with Crippen LogP contribution in [-0.2, 0) is 4.74 Å². The fraction of sp³-hybridized carbons (Fsp3) is 0.857. The quantitative estimate of drug-likeness (QED) is 0.300. The van der Waals surface area contributed by atoms with Crippen molar-refractivity contribution in [2.45, 2.75) is 19.4 Å². The second-order valence-electron chi connectivity index (χ2n) is 3.47. The van der Waals surface area contributed by atoms with Crippen LogP contribution in [0.15, 0.2) is 0 Å². The molecule has 0 bridgehead atoms. The normalized spacial score (nSPS) is 22.1. The predicted octanol–water partition coefficient (Wildman–Crippen LogP) is -0.319. The molecule has 0 unspecified atom stereocenters. The van der Waals surface area contributed by atoms with E-state index in [1.807, 2.05) is 13.8 Å². The van der Waals surface area contributed by atoms with E-state index in [0.717, 1.165) is 0 Å². The van der Waals surface area contributed by atoms with Crippen LogP contribution in [0.5, 0.6) is 0 Å². The average Bonchev–Trinajstić information content (AvgIpc) is 2.02. The molecule has 0 aromatic carbocycles. The topological polar surface area (TPSA) is 67.6 Å². The molecule has 0 aliphatic carbocycles. The van der Waals surface area contributed by atoms with E-state index in [1.165, 1.54) is 0 Å². The van der Waals surface area contributed by atoms with Crippen LogP contribution in [0, 0.1) is 0 Å². The highest BCUT2D eigenvalue weighted by molar-refractivity contribution is 5.74. The lowest BCUT2D eigenvalue weighted by Gasteiger charge is -2.41. The molecule has 12 heavy (non-hydrogen) atoms. The number of nitrogens with one attached hydrogen (secondary N) is 1. The van der Waals surface area contributed by atoms with E-state index in [-0.39, 0.29) is 11.6 Å². The average molecular weight is 173 g/mol. The number of rotatable bonds is 0. The van der Waals surface area contributed by atoms with Gasteiger partial charge >= 0.3 is 6.03 Å². The first-order valence-corrected chi connectivity index (χ1v) is 3.94. The SMILES string of the molecule is CC1(C)COCCN1C(=O)NN. The summed E-state index contributed by atoms with van der Waals surface area (Å²) in [5.41, 5.74) is 1.86. The Kier molecular flexibility index (Phi) is 2.54. The van der Waals surface area contributed by atoms with Crippen LogP contribution in [0.4, 0.5) is 4.79 Å². The van der Waals surface area contributed by atoms with Crippen LogP contribution in [0.1, 0.15) is 13.8 Å². The molecular formula is C7H15N3O2. The number of hydrazine groups is 1. The largest absolute Gasteiger partial charge is 0.377 e. The highest BCUT2D eigenvalue weighted by atomic mass is 16.5. The first kappa shape index (κ1) is 9.28. The third-order valence-electron chi connectivity index (χ3n) is 2.01. The van der Waals surface area contributed by atoms with Crippen LogP contribution in [-0.4, -0.2) is 36.2 Å². The Morgan fingerprint density at radius 2 is 2.33 bits per heavy atom. The summed E-state index contributed by atoms with van der Waals surface area (Å²) >= 11 is 0. The second-order valence-corrected chi connectivity index (χ2v) is 3.47. The van der Waals surface area contributed by atoms with Crippen molar-refractivity contribution in [1.82, 2.24) is 10.3 Å². The Labute approximate surface area is 71.8 Å². The maximum absolute atomic E-state index is 11.2. The number of nitrogens with zero attached hydrogens (tertiary/aromatic N) is 1. The van der Waals surface area contributed by atoms with Crippen molar-refractivity contribution < 1.29 is 9.53 Å². The molecule has 1 fully saturated rings. The zero-order chi connectivity index (χ0) is 9.19. The van der Waals surface area contributed by atoms with E-state index in [9.17, 15) is 4.79 Å². The molecule has 1 saturated heterocycles. The van der Waals surface area contributed by atoms with E-state index < -0.39 is 0 Å². The molecule has 1 rings (SSSR count). The monoisotopic (exact) mass is 173 g/mol. The van der Waals surface area contributed by atoms with Crippen LogP contribution >= 0.6 is 0 Å². The maximum atomic E-state index is 11.2. The number of carbonyl (C=O) groups excluding carboxylic acids is 1. The van der Waals surface area contributed by atoms with E-state index in [4.69, 9.17) is 10.6 Å². The molecule has 1 heterocycles. The van der Waals surface area contributed by atoms with Crippen molar-refractivity contribution in [3.8, 4) is 0 Å². The van der Waals surface area contributed by atoms with Crippen LogP contribution in [0.3, 0.4) is 0 Å². The smallest absolute Gasteiger partial charge is 0.332 e. The van der Waals surface area contributed by atoms with Gasteiger partial charge in [0.2, 0.25) is 0 Å². The van der Waals surface area contributed by atoms with Gasteiger partial charge in [0.25, 0.3) is 0 Å². The van der Waals surface area contributed by atoms with Crippen LogP contribution < -0.4 is 11.3 Å². The lowest BCUT2D eigenvalue weighted by atomic mass is 10.0. The van der Waals surface area contributed by atoms with Crippen LogP contribution in [0.2, 0.25) is 0 Å². The van der Waals surface area contributed by atoms with E-state index in [1.54, 1.807) is 4.90 Å². The predicted molar refractivity (Wildman–Crippen MR) is 44.3 cm³/mol. The molecular weight excluding hydrogens is 158 g/mol. The molecule has 1 aliphatic rings. The van der Waals surface area contributed by atoms with E-state index in [2.05, 4.69) is 5.43 Å². The summed E-state index contributed by atoms with van der Waals surface area (Å²) in [6.07, 6.45) is 0. The van der Waals surface area contributed by atoms with E-state index >= 15 is 0 Å². The molecule has 0 spiro atoms. The fourth-order valence-corrected chi connectivity index (χ4v) is 1.31. The third-order valence-corrected chi connectivity index (χ3v) is 2.01. The highest BCUT2D eigenvalue weighted by Gasteiger charge is 2.33. The number of ether oxygens (including phenoxy) is 1. The van der Waals surface area contributed by atoms with Crippen molar-refractivity contribution in [2.24, 2.45) is 5.84 Å². The fourth-order valence-electron chi connectivity index (χ4n) is 1.31. The molecule has 70 valence electrons. The van der Waals surface area contributed by atoms with Crippen molar-refractivity contribution in [3.05, 3.63) is 0 Å². The van der Waals surface area contributed by atoms with Gasteiger partial charge in [-0.15, -0.1) is 0 Å². The number of morpholine rings is 1. The van der Waals surface area contributed by atoms with Crippen molar-refractivity contribution in [3.63, 3.8) is 0 Å². The summed E-state index contributed by atoms with van der Waals surface area (Å²) in [5.74, 6) is 5.04. The summed E-state index contributed by atoms with van der Waals surface area (Å²) in [6, 6.07) is -0.247. The van der Waals surface area contributed by atoms with Crippen molar-refractivity contribution >= 4 is 6.03 Å². The maximum Gasteiger partial charge on any atom is 0.332 e. The first-order valence-electron chi connectivity index (χ1n) is 3.94. The second kappa shape index (κ2) is 3.28. The minimum Gasteiger partial charge on any atom is -0.377 e. The van der Waals surface area contributed by atoms with Gasteiger partial charge in [-0.05, 0) is 13.8 Å². The molecule has 0 radical (unpaired) electrons. The summed E-state index contributed by atoms with van der Waals surface area (Å²) in [7, 11) is 0. The third kappa shape index (κ3) is 1.67.